The molecule has 0 aliphatic rings. The van der Waals surface area contributed by atoms with Crippen LogP contribution in [0.5, 0.6) is 5.75 Å². The number of ether oxygens (including phenoxy) is 1. The molecule has 1 amide bonds. The molecule has 0 aliphatic carbocycles. The highest BCUT2D eigenvalue weighted by Crippen LogP contribution is 2.19. The van der Waals surface area contributed by atoms with Crippen LogP contribution in [0, 0.1) is 6.92 Å². The minimum atomic E-state index is 0.0319. The molecule has 1 rings (SSSR count). The van der Waals surface area contributed by atoms with Crippen molar-refractivity contribution >= 4 is 5.91 Å². The number of aryl methyl sites for hydroxylation is 1. The molecule has 0 atom stereocenters. The number of benzene rings is 1. The molecule has 1 aromatic rings. The predicted octanol–water partition coefficient (Wildman–Crippen LogP) is 1.69. The zero-order valence-electron chi connectivity index (χ0n) is 11.6. The minimum absolute atomic E-state index is 0.0319. The minimum Gasteiger partial charge on any atom is -0.496 e. The molecule has 0 aliphatic heterocycles. The first-order chi connectivity index (χ1) is 8.60. The predicted molar refractivity (Wildman–Crippen MR) is 73.2 cm³/mol. The molecule has 0 unspecified atom stereocenters. The van der Waals surface area contributed by atoms with Crippen LogP contribution in [0.1, 0.15) is 22.3 Å². The van der Waals surface area contributed by atoms with Crippen molar-refractivity contribution in [2.45, 2.75) is 13.3 Å². The third-order valence-electron chi connectivity index (χ3n) is 2.92. The molecule has 0 saturated carbocycles. The number of hydrogen-bond acceptors (Lipinski definition) is 3. The lowest BCUT2D eigenvalue weighted by Gasteiger charge is -2.17. The Bertz CT molecular complexity index is 405. The fourth-order valence-electron chi connectivity index (χ4n) is 1.77. The van der Waals surface area contributed by atoms with E-state index in [1.807, 2.05) is 33.2 Å². The number of nitrogens with one attached hydrogen (secondary N) is 1. The zero-order chi connectivity index (χ0) is 13.5. The van der Waals surface area contributed by atoms with E-state index in [1.165, 1.54) is 0 Å². The van der Waals surface area contributed by atoms with Gasteiger partial charge in [0, 0.05) is 19.2 Å². The van der Waals surface area contributed by atoms with E-state index in [0.29, 0.717) is 5.56 Å². The molecule has 0 heterocycles. The maximum atomic E-state index is 12.2. The smallest absolute Gasteiger partial charge is 0.253 e. The quantitative estimate of drug-likeness (QED) is 0.781. The highest BCUT2D eigenvalue weighted by Gasteiger charge is 2.12. The topological polar surface area (TPSA) is 41.6 Å². The Labute approximate surface area is 109 Å². The van der Waals surface area contributed by atoms with Crippen molar-refractivity contribution in [2.24, 2.45) is 0 Å². The molecule has 18 heavy (non-hydrogen) atoms. The van der Waals surface area contributed by atoms with Crippen LogP contribution in [0.15, 0.2) is 18.2 Å². The van der Waals surface area contributed by atoms with Gasteiger partial charge in [0.05, 0.1) is 7.11 Å². The van der Waals surface area contributed by atoms with Gasteiger partial charge >= 0.3 is 0 Å². The normalized spacial score (nSPS) is 10.2. The summed E-state index contributed by atoms with van der Waals surface area (Å²) in [7, 11) is 5.35. The lowest BCUT2D eigenvalue weighted by Crippen LogP contribution is -2.29. The summed E-state index contributed by atoms with van der Waals surface area (Å²) in [5.41, 5.74) is 1.70. The van der Waals surface area contributed by atoms with Crippen molar-refractivity contribution in [1.82, 2.24) is 10.2 Å². The summed E-state index contributed by atoms with van der Waals surface area (Å²) < 4.78 is 5.23. The molecule has 100 valence electrons. The molecule has 0 fully saturated rings. The van der Waals surface area contributed by atoms with Crippen LogP contribution in [0.3, 0.4) is 0 Å². The Morgan fingerprint density at radius 1 is 1.44 bits per heavy atom. The fraction of sp³-hybridized carbons (Fsp3) is 0.500. The number of amides is 1. The van der Waals surface area contributed by atoms with Crippen LogP contribution in [-0.4, -0.2) is 45.1 Å². The number of methoxy groups -OCH3 is 1. The van der Waals surface area contributed by atoms with Crippen molar-refractivity contribution in [3.05, 3.63) is 29.3 Å². The molecule has 0 spiro atoms. The van der Waals surface area contributed by atoms with Gasteiger partial charge in [-0.15, -0.1) is 0 Å². The monoisotopic (exact) mass is 250 g/mol. The Hall–Kier alpha value is -1.55. The Kier molecular flexibility index (Phi) is 5.65. The van der Waals surface area contributed by atoms with E-state index in [2.05, 4.69) is 5.32 Å². The average Bonchev–Trinajstić information content (AvgIpc) is 2.38. The van der Waals surface area contributed by atoms with E-state index >= 15 is 0 Å². The lowest BCUT2D eigenvalue weighted by molar-refractivity contribution is 0.0793. The molecule has 0 bridgehead atoms. The first-order valence-corrected chi connectivity index (χ1v) is 6.15. The third kappa shape index (κ3) is 3.74. The second-order valence-corrected chi connectivity index (χ2v) is 4.37. The fourth-order valence-corrected chi connectivity index (χ4v) is 1.77. The zero-order valence-corrected chi connectivity index (χ0v) is 11.6. The second kappa shape index (κ2) is 7.01. The van der Waals surface area contributed by atoms with E-state index in [0.717, 1.165) is 30.8 Å². The SMILES string of the molecule is CNCCCN(C)C(=O)c1ccc(C)c(OC)c1. The molecule has 0 aromatic heterocycles. The summed E-state index contributed by atoms with van der Waals surface area (Å²) in [6.45, 7) is 3.62. The second-order valence-electron chi connectivity index (χ2n) is 4.37. The van der Waals surface area contributed by atoms with Gasteiger partial charge in [0.2, 0.25) is 0 Å². The molecule has 4 nitrogen and oxygen atoms in total. The number of hydrogen-bond donors (Lipinski definition) is 1. The molecule has 0 radical (unpaired) electrons. The summed E-state index contributed by atoms with van der Waals surface area (Å²) in [6, 6.07) is 5.55. The highest BCUT2D eigenvalue weighted by molar-refractivity contribution is 5.94. The summed E-state index contributed by atoms with van der Waals surface area (Å²) in [6.07, 6.45) is 0.946. The van der Waals surface area contributed by atoms with E-state index in [4.69, 9.17) is 4.74 Å². The average molecular weight is 250 g/mol. The van der Waals surface area contributed by atoms with Gasteiger partial charge in [0.25, 0.3) is 5.91 Å². The van der Waals surface area contributed by atoms with Gasteiger partial charge < -0.3 is 15.0 Å². The van der Waals surface area contributed by atoms with Crippen molar-refractivity contribution in [2.75, 3.05) is 34.3 Å². The largest absolute Gasteiger partial charge is 0.496 e. The van der Waals surface area contributed by atoms with Crippen LogP contribution in [0.4, 0.5) is 0 Å². The van der Waals surface area contributed by atoms with E-state index < -0.39 is 0 Å². The van der Waals surface area contributed by atoms with Gasteiger partial charge in [-0.3, -0.25) is 4.79 Å². The third-order valence-corrected chi connectivity index (χ3v) is 2.92. The highest BCUT2D eigenvalue weighted by atomic mass is 16.5. The maximum absolute atomic E-state index is 12.2. The van der Waals surface area contributed by atoms with E-state index in [9.17, 15) is 4.79 Å². The van der Waals surface area contributed by atoms with Gasteiger partial charge in [0.1, 0.15) is 5.75 Å². The Balaban J connectivity index is 2.71. The van der Waals surface area contributed by atoms with E-state index in [1.54, 1.807) is 18.1 Å². The first-order valence-electron chi connectivity index (χ1n) is 6.15. The number of carbonyl (C=O) groups is 1. The van der Waals surface area contributed by atoms with Gasteiger partial charge in [-0.25, -0.2) is 0 Å². The van der Waals surface area contributed by atoms with Crippen LogP contribution in [0.25, 0.3) is 0 Å². The van der Waals surface area contributed by atoms with Crippen LogP contribution < -0.4 is 10.1 Å². The lowest BCUT2D eigenvalue weighted by atomic mass is 10.1. The van der Waals surface area contributed by atoms with Crippen molar-refractivity contribution in [1.29, 1.82) is 0 Å². The van der Waals surface area contributed by atoms with Crippen LogP contribution in [0.2, 0.25) is 0 Å². The van der Waals surface area contributed by atoms with Gasteiger partial charge in [0.15, 0.2) is 0 Å². The maximum Gasteiger partial charge on any atom is 0.253 e. The first kappa shape index (κ1) is 14.5. The van der Waals surface area contributed by atoms with Crippen LogP contribution >= 0.6 is 0 Å². The number of carbonyl (C=O) groups excluding carboxylic acids is 1. The molecular formula is C14H22N2O2. The number of nitrogens with zero attached hydrogens (tertiary/aromatic N) is 1. The van der Waals surface area contributed by atoms with E-state index in [-0.39, 0.29) is 5.91 Å². The standard InChI is InChI=1S/C14H22N2O2/c1-11-6-7-12(10-13(11)18-4)14(17)16(3)9-5-8-15-2/h6-7,10,15H,5,8-9H2,1-4H3. The van der Waals surface area contributed by atoms with Gasteiger partial charge in [-0.05, 0) is 44.6 Å². The van der Waals surface area contributed by atoms with Crippen molar-refractivity contribution < 1.29 is 9.53 Å². The summed E-state index contributed by atoms with van der Waals surface area (Å²) in [5.74, 6) is 0.786. The Morgan fingerprint density at radius 2 is 2.17 bits per heavy atom. The van der Waals surface area contributed by atoms with Crippen molar-refractivity contribution in [3.8, 4) is 5.75 Å². The number of rotatable bonds is 6. The summed E-state index contributed by atoms with van der Waals surface area (Å²) >= 11 is 0. The van der Waals surface area contributed by atoms with Gasteiger partial charge in [-0.2, -0.15) is 0 Å². The summed E-state index contributed by atoms with van der Waals surface area (Å²) in [5, 5.41) is 3.07. The Morgan fingerprint density at radius 3 is 2.78 bits per heavy atom. The summed E-state index contributed by atoms with van der Waals surface area (Å²) in [4.78, 5) is 13.9. The van der Waals surface area contributed by atoms with Gasteiger partial charge in [-0.1, -0.05) is 6.07 Å². The van der Waals surface area contributed by atoms with Crippen molar-refractivity contribution in [3.63, 3.8) is 0 Å². The molecule has 1 N–H and O–H groups in total. The molecule has 4 heteroatoms. The van der Waals surface area contributed by atoms with Crippen LogP contribution in [-0.2, 0) is 0 Å². The molecular weight excluding hydrogens is 228 g/mol. The molecule has 0 saturated heterocycles. The molecule has 1 aromatic carbocycles.